The number of rotatable bonds is 1. The van der Waals surface area contributed by atoms with Crippen molar-refractivity contribution in [3.8, 4) is 0 Å². The van der Waals surface area contributed by atoms with E-state index in [1.807, 2.05) is 35.3 Å². The van der Waals surface area contributed by atoms with Gasteiger partial charge < -0.3 is 16.0 Å². The van der Waals surface area contributed by atoms with Crippen LogP contribution in [-0.4, -0.2) is 30.1 Å². The predicted octanol–water partition coefficient (Wildman–Crippen LogP) is 1.13. The largest absolute Gasteiger partial charge is 0.325 e. The SMILES string of the molecule is NC1C=CC=C(NC(=O)N2CCCC2)C=C1. The summed E-state index contributed by atoms with van der Waals surface area (Å²) in [5.74, 6) is 0. The summed E-state index contributed by atoms with van der Waals surface area (Å²) in [4.78, 5) is 13.6. The van der Waals surface area contributed by atoms with Crippen molar-refractivity contribution in [2.45, 2.75) is 18.9 Å². The summed E-state index contributed by atoms with van der Waals surface area (Å²) >= 11 is 0. The van der Waals surface area contributed by atoms with E-state index in [0.29, 0.717) is 0 Å². The highest BCUT2D eigenvalue weighted by atomic mass is 16.2. The number of carbonyl (C=O) groups is 1. The Kier molecular flexibility index (Phi) is 3.41. The number of hydrogen-bond acceptors (Lipinski definition) is 2. The molecule has 4 nitrogen and oxygen atoms in total. The molecule has 2 amide bonds. The molecular formula is C12H17N3O. The van der Waals surface area contributed by atoms with Crippen LogP contribution in [0.2, 0.25) is 0 Å². The van der Waals surface area contributed by atoms with E-state index in [1.54, 1.807) is 0 Å². The third kappa shape index (κ3) is 2.73. The summed E-state index contributed by atoms with van der Waals surface area (Å²) in [5, 5.41) is 2.88. The van der Waals surface area contributed by atoms with Crippen LogP contribution in [0.15, 0.2) is 36.1 Å². The summed E-state index contributed by atoms with van der Waals surface area (Å²) in [7, 11) is 0. The van der Waals surface area contributed by atoms with Gasteiger partial charge in [-0.3, -0.25) is 0 Å². The fourth-order valence-corrected chi connectivity index (χ4v) is 1.83. The highest BCUT2D eigenvalue weighted by molar-refractivity contribution is 5.77. The van der Waals surface area contributed by atoms with Crippen molar-refractivity contribution in [3.63, 3.8) is 0 Å². The van der Waals surface area contributed by atoms with Gasteiger partial charge in [-0.25, -0.2) is 4.79 Å². The van der Waals surface area contributed by atoms with Gasteiger partial charge in [-0.2, -0.15) is 0 Å². The van der Waals surface area contributed by atoms with Crippen LogP contribution in [0.4, 0.5) is 4.79 Å². The van der Waals surface area contributed by atoms with Gasteiger partial charge in [0.15, 0.2) is 0 Å². The first-order chi connectivity index (χ1) is 7.75. The second-order valence-electron chi connectivity index (χ2n) is 4.07. The minimum atomic E-state index is -0.0718. The number of nitrogens with two attached hydrogens (primary N) is 1. The smallest absolute Gasteiger partial charge is 0.321 e. The van der Waals surface area contributed by atoms with Crippen LogP contribution in [-0.2, 0) is 0 Å². The van der Waals surface area contributed by atoms with Gasteiger partial charge in [-0.15, -0.1) is 0 Å². The van der Waals surface area contributed by atoms with Crippen molar-refractivity contribution in [2.24, 2.45) is 5.73 Å². The van der Waals surface area contributed by atoms with Gasteiger partial charge in [0, 0.05) is 24.8 Å². The molecule has 2 aliphatic rings. The fraction of sp³-hybridized carbons (Fsp3) is 0.417. The van der Waals surface area contributed by atoms with Crippen molar-refractivity contribution in [1.29, 1.82) is 0 Å². The molecule has 1 unspecified atom stereocenters. The van der Waals surface area contributed by atoms with Gasteiger partial charge in [0.25, 0.3) is 0 Å². The van der Waals surface area contributed by atoms with E-state index in [9.17, 15) is 4.79 Å². The number of nitrogens with zero attached hydrogens (tertiary/aromatic N) is 1. The Labute approximate surface area is 95.5 Å². The van der Waals surface area contributed by atoms with E-state index in [0.717, 1.165) is 31.6 Å². The molecule has 2 rings (SSSR count). The zero-order valence-corrected chi connectivity index (χ0v) is 9.23. The second-order valence-corrected chi connectivity index (χ2v) is 4.07. The van der Waals surface area contributed by atoms with Crippen LogP contribution < -0.4 is 11.1 Å². The first-order valence-corrected chi connectivity index (χ1v) is 5.64. The summed E-state index contributed by atoms with van der Waals surface area (Å²) < 4.78 is 0. The van der Waals surface area contributed by atoms with Crippen LogP contribution in [0.3, 0.4) is 0 Å². The zero-order chi connectivity index (χ0) is 11.4. The average molecular weight is 219 g/mol. The number of carbonyl (C=O) groups excluding carboxylic acids is 1. The molecular weight excluding hydrogens is 202 g/mol. The number of allylic oxidation sites excluding steroid dienone is 3. The maximum Gasteiger partial charge on any atom is 0.321 e. The lowest BCUT2D eigenvalue weighted by molar-refractivity contribution is 0.212. The van der Waals surface area contributed by atoms with Crippen LogP contribution in [0.5, 0.6) is 0 Å². The Balaban J connectivity index is 1.94. The zero-order valence-electron chi connectivity index (χ0n) is 9.23. The van der Waals surface area contributed by atoms with Gasteiger partial charge in [0.05, 0.1) is 0 Å². The van der Waals surface area contributed by atoms with Crippen molar-refractivity contribution < 1.29 is 4.79 Å². The Morgan fingerprint density at radius 2 is 2.12 bits per heavy atom. The Morgan fingerprint density at radius 3 is 2.88 bits per heavy atom. The maximum absolute atomic E-state index is 11.8. The van der Waals surface area contributed by atoms with Crippen LogP contribution in [0.25, 0.3) is 0 Å². The number of likely N-dealkylation sites (tertiary alicyclic amines) is 1. The molecule has 0 radical (unpaired) electrons. The van der Waals surface area contributed by atoms with Gasteiger partial charge in [-0.1, -0.05) is 18.2 Å². The summed E-state index contributed by atoms with van der Waals surface area (Å²) in [5.41, 5.74) is 6.51. The lowest BCUT2D eigenvalue weighted by Gasteiger charge is -2.16. The van der Waals surface area contributed by atoms with E-state index in [1.165, 1.54) is 0 Å². The minimum Gasteiger partial charge on any atom is -0.325 e. The van der Waals surface area contributed by atoms with Gasteiger partial charge in [-0.05, 0) is 25.0 Å². The van der Waals surface area contributed by atoms with E-state index in [-0.39, 0.29) is 12.1 Å². The van der Waals surface area contributed by atoms with E-state index < -0.39 is 0 Å². The Morgan fingerprint density at radius 1 is 1.38 bits per heavy atom. The maximum atomic E-state index is 11.8. The number of amides is 2. The highest BCUT2D eigenvalue weighted by Gasteiger charge is 2.17. The molecule has 86 valence electrons. The molecule has 1 aliphatic carbocycles. The van der Waals surface area contributed by atoms with Crippen molar-refractivity contribution in [1.82, 2.24) is 10.2 Å². The minimum absolute atomic E-state index is 0.0164. The second kappa shape index (κ2) is 4.99. The van der Waals surface area contributed by atoms with Crippen molar-refractivity contribution in [3.05, 3.63) is 36.1 Å². The lowest BCUT2D eigenvalue weighted by atomic mass is 10.3. The van der Waals surface area contributed by atoms with Gasteiger partial charge >= 0.3 is 6.03 Å². The van der Waals surface area contributed by atoms with E-state index >= 15 is 0 Å². The standard InChI is InChI=1S/C12H17N3O/c13-10-4-3-5-11(7-6-10)14-12(16)15-8-1-2-9-15/h3-7,10H,1-2,8-9,13H2,(H,14,16). The molecule has 1 atom stereocenters. The molecule has 4 heteroatoms. The first-order valence-electron chi connectivity index (χ1n) is 5.64. The molecule has 0 bridgehead atoms. The molecule has 0 aromatic carbocycles. The number of urea groups is 1. The molecule has 1 aliphatic heterocycles. The Bertz CT molecular complexity index is 351. The molecule has 3 N–H and O–H groups in total. The number of nitrogens with one attached hydrogen (secondary N) is 1. The van der Waals surface area contributed by atoms with Crippen molar-refractivity contribution in [2.75, 3.05) is 13.1 Å². The normalized spacial score (nSPS) is 24.2. The van der Waals surface area contributed by atoms with Crippen molar-refractivity contribution >= 4 is 6.03 Å². The third-order valence-electron chi connectivity index (χ3n) is 2.75. The summed E-state index contributed by atoms with van der Waals surface area (Å²) in [6, 6.07) is -0.0882. The summed E-state index contributed by atoms with van der Waals surface area (Å²) in [6.07, 6.45) is 11.5. The average Bonchev–Trinajstić information content (AvgIpc) is 2.72. The summed E-state index contributed by atoms with van der Waals surface area (Å²) in [6.45, 7) is 1.72. The Hall–Kier alpha value is -1.55. The predicted molar refractivity (Wildman–Crippen MR) is 63.7 cm³/mol. The fourth-order valence-electron chi connectivity index (χ4n) is 1.83. The molecule has 1 saturated heterocycles. The molecule has 1 heterocycles. The molecule has 0 aromatic heterocycles. The van der Waals surface area contributed by atoms with Gasteiger partial charge in [0.2, 0.25) is 0 Å². The third-order valence-corrected chi connectivity index (χ3v) is 2.75. The molecule has 1 fully saturated rings. The van der Waals surface area contributed by atoms with E-state index in [4.69, 9.17) is 5.73 Å². The topological polar surface area (TPSA) is 58.4 Å². The van der Waals surface area contributed by atoms with Gasteiger partial charge in [0.1, 0.15) is 0 Å². The number of hydrogen-bond donors (Lipinski definition) is 2. The monoisotopic (exact) mass is 219 g/mol. The van der Waals surface area contributed by atoms with Crippen LogP contribution in [0, 0.1) is 0 Å². The van der Waals surface area contributed by atoms with Crippen LogP contribution >= 0.6 is 0 Å². The molecule has 0 spiro atoms. The molecule has 0 saturated carbocycles. The lowest BCUT2D eigenvalue weighted by Crippen LogP contribution is -2.37. The highest BCUT2D eigenvalue weighted by Crippen LogP contribution is 2.08. The first kappa shape index (κ1) is 11.0. The van der Waals surface area contributed by atoms with Crippen LogP contribution in [0.1, 0.15) is 12.8 Å². The van der Waals surface area contributed by atoms with E-state index in [2.05, 4.69) is 5.32 Å². The molecule has 16 heavy (non-hydrogen) atoms. The molecule has 0 aromatic rings. The quantitative estimate of drug-likeness (QED) is 0.694.